The molecule has 0 aliphatic heterocycles. The van der Waals surface area contributed by atoms with Gasteiger partial charge in [-0.2, -0.15) is 5.10 Å². The van der Waals surface area contributed by atoms with Crippen molar-refractivity contribution in [1.29, 1.82) is 0 Å². The summed E-state index contributed by atoms with van der Waals surface area (Å²) in [6, 6.07) is 4.75. The third-order valence-corrected chi connectivity index (χ3v) is 2.02. The number of hydrogen-bond donors (Lipinski definition) is 2. The van der Waals surface area contributed by atoms with E-state index in [0.717, 1.165) is 16.7 Å². The SMILES string of the molecule is NCc1cc(F)cc(-c2cn[nH]c2)c1. The van der Waals surface area contributed by atoms with Gasteiger partial charge in [0.1, 0.15) is 5.82 Å². The number of rotatable bonds is 2. The zero-order valence-electron chi connectivity index (χ0n) is 7.50. The second-order valence-corrected chi connectivity index (χ2v) is 3.04. The van der Waals surface area contributed by atoms with Crippen LogP contribution in [-0.4, -0.2) is 10.2 Å². The quantitative estimate of drug-likeness (QED) is 0.758. The molecule has 4 heteroatoms. The van der Waals surface area contributed by atoms with E-state index in [-0.39, 0.29) is 5.82 Å². The first kappa shape index (κ1) is 8.90. The number of halogens is 1. The highest BCUT2D eigenvalue weighted by Crippen LogP contribution is 2.20. The molecule has 0 radical (unpaired) electrons. The van der Waals surface area contributed by atoms with Crippen molar-refractivity contribution in [2.75, 3.05) is 0 Å². The standard InChI is InChI=1S/C10H10FN3/c11-10-2-7(4-12)1-8(3-10)9-5-13-14-6-9/h1-3,5-6H,4,12H2,(H,13,14). The highest BCUT2D eigenvalue weighted by Gasteiger charge is 2.02. The molecule has 14 heavy (non-hydrogen) atoms. The summed E-state index contributed by atoms with van der Waals surface area (Å²) in [7, 11) is 0. The van der Waals surface area contributed by atoms with Gasteiger partial charge in [-0.3, -0.25) is 5.10 Å². The zero-order chi connectivity index (χ0) is 9.97. The molecule has 2 aromatic rings. The summed E-state index contributed by atoms with van der Waals surface area (Å²) in [5.74, 6) is -0.274. The van der Waals surface area contributed by atoms with Crippen LogP contribution in [0.1, 0.15) is 5.56 Å². The van der Waals surface area contributed by atoms with Gasteiger partial charge < -0.3 is 5.73 Å². The van der Waals surface area contributed by atoms with Gasteiger partial charge in [-0.15, -0.1) is 0 Å². The molecule has 0 aliphatic carbocycles. The van der Waals surface area contributed by atoms with Gasteiger partial charge in [0, 0.05) is 18.3 Å². The summed E-state index contributed by atoms with van der Waals surface area (Å²) < 4.78 is 13.1. The van der Waals surface area contributed by atoms with E-state index >= 15 is 0 Å². The summed E-state index contributed by atoms with van der Waals surface area (Å²) in [6.07, 6.45) is 3.37. The van der Waals surface area contributed by atoms with Gasteiger partial charge in [0.05, 0.1) is 6.20 Å². The van der Waals surface area contributed by atoms with Gasteiger partial charge >= 0.3 is 0 Å². The molecular formula is C10H10FN3. The number of hydrogen-bond acceptors (Lipinski definition) is 2. The topological polar surface area (TPSA) is 54.7 Å². The van der Waals surface area contributed by atoms with Crippen molar-refractivity contribution >= 4 is 0 Å². The molecule has 2 rings (SSSR count). The Morgan fingerprint density at radius 1 is 1.29 bits per heavy atom. The smallest absolute Gasteiger partial charge is 0.124 e. The lowest BCUT2D eigenvalue weighted by Crippen LogP contribution is -1.97. The van der Waals surface area contributed by atoms with Crippen LogP contribution >= 0.6 is 0 Å². The van der Waals surface area contributed by atoms with Crippen molar-refractivity contribution < 1.29 is 4.39 Å². The molecule has 0 saturated heterocycles. The summed E-state index contributed by atoms with van der Waals surface area (Å²) in [5.41, 5.74) is 7.88. The predicted molar refractivity (Wildman–Crippen MR) is 51.9 cm³/mol. The number of aromatic amines is 1. The molecule has 0 saturated carbocycles. The van der Waals surface area contributed by atoms with Gasteiger partial charge in [-0.1, -0.05) is 0 Å². The van der Waals surface area contributed by atoms with Crippen molar-refractivity contribution in [3.63, 3.8) is 0 Å². The van der Waals surface area contributed by atoms with Crippen LogP contribution in [0.25, 0.3) is 11.1 Å². The van der Waals surface area contributed by atoms with E-state index in [1.165, 1.54) is 12.1 Å². The highest BCUT2D eigenvalue weighted by atomic mass is 19.1. The highest BCUT2D eigenvalue weighted by molar-refractivity contribution is 5.62. The lowest BCUT2D eigenvalue weighted by molar-refractivity contribution is 0.626. The minimum atomic E-state index is -0.274. The van der Waals surface area contributed by atoms with Gasteiger partial charge in [0.2, 0.25) is 0 Å². The molecule has 0 unspecified atom stereocenters. The fourth-order valence-corrected chi connectivity index (χ4v) is 1.34. The van der Waals surface area contributed by atoms with E-state index in [2.05, 4.69) is 10.2 Å². The van der Waals surface area contributed by atoms with Crippen molar-refractivity contribution in [2.45, 2.75) is 6.54 Å². The molecule has 0 aliphatic rings. The van der Waals surface area contributed by atoms with Crippen molar-refractivity contribution in [3.8, 4) is 11.1 Å². The number of H-pyrrole nitrogens is 1. The Morgan fingerprint density at radius 3 is 2.79 bits per heavy atom. The maximum Gasteiger partial charge on any atom is 0.124 e. The number of aromatic nitrogens is 2. The van der Waals surface area contributed by atoms with Crippen LogP contribution in [0.15, 0.2) is 30.6 Å². The summed E-state index contributed by atoms with van der Waals surface area (Å²) in [6.45, 7) is 0.336. The maximum atomic E-state index is 13.1. The first-order valence-electron chi connectivity index (χ1n) is 4.28. The molecule has 0 fully saturated rings. The van der Waals surface area contributed by atoms with Gasteiger partial charge in [0.25, 0.3) is 0 Å². The van der Waals surface area contributed by atoms with Crippen LogP contribution in [0.5, 0.6) is 0 Å². The molecule has 1 heterocycles. The average molecular weight is 191 g/mol. The number of benzene rings is 1. The van der Waals surface area contributed by atoms with Crippen LogP contribution in [-0.2, 0) is 6.54 Å². The third-order valence-electron chi connectivity index (χ3n) is 2.02. The van der Waals surface area contributed by atoms with Crippen LogP contribution in [0, 0.1) is 5.82 Å². The molecule has 0 bridgehead atoms. The molecule has 1 aromatic carbocycles. The van der Waals surface area contributed by atoms with E-state index in [0.29, 0.717) is 6.54 Å². The van der Waals surface area contributed by atoms with E-state index in [1.807, 2.05) is 6.07 Å². The molecule has 0 atom stereocenters. The molecule has 1 aromatic heterocycles. The van der Waals surface area contributed by atoms with Crippen LogP contribution in [0.3, 0.4) is 0 Å². The van der Waals surface area contributed by atoms with Gasteiger partial charge in [-0.05, 0) is 29.3 Å². The Kier molecular flexibility index (Phi) is 2.28. The second kappa shape index (κ2) is 3.59. The van der Waals surface area contributed by atoms with Crippen LogP contribution < -0.4 is 5.73 Å². The second-order valence-electron chi connectivity index (χ2n) is 3.04. The minimum Gasteiger partial charge on any atom is -0.326 e. The largest absolute Gasteiger partial charge is 0.326 e. The fraction of sp³-hybridized carbons (Fsp3) is 0.100. The van der Waals surface area contributed by atoms with E-state index in [1.54, 1.807) is 12.4 Å². The monoisotopic (exact) mass is 191 g/mol. The van der Waals surface area contributed by atoms with Gasteiger partial charge in [0.15, 0.2) is 0 Å². The number of nitrogens with zero attached hydrogens (tertiary/aromatic N) is 1. The first-order chi connectivity index (χ1) is 6.79. The van der Waals surface area contributed by atoms with Crippen molar-refractivity contribution in [3.05, 3.63) is 42.0 Å². The third kappa shape index (κ3) is 1.65. The van der Waals surface area contributed by atoms with Gasteiger partial charge in [-0.25, -0.2) is 4.39 Å². The predicted octanol–water partition coefficient (Wildman–Crippen LogP) is 1.67. The molecule has 72 valence electrons. The Hall–Kier alpha value is -1.68. The first-order valence-corrected chi connectivity index (χ1v) is 4.28. The lowest BCUT2D eigenvalue weighted by atomic mass is 10.1. The summed E-state index contributed by atoms with van der Waals surface area (Å²) in [5, 5.41) is 6.49. The van der Waals surface area contributed by atoms with Crippen LogP contribution in [0.2, 0.25) is 0 Å². The molecule has 3 N–H and O–H groups in total. The normalized spacial score (nSPS) is 10.4. The van der Waals surface area contributed by atoms with E-state index in [4.69, 9.17) is 5.73 Å². The average Bonchev–Trinajstić information content (AvgIpc) is 2.69. The van der Waals surface area contributed by atoms with E-state index < -0.39 is 0 Å². The molecular weight excluding hydrogens is 181 g/mol. The number of nitrogens with one attached hydrogen (secondary N) is 1. The van der Waals surface area contributed by atoms with Crippen molar-refractivity contribution in [1.82, 2.24) is 10.2 Å². The molecule has 0 amide bonds. The maximum absolute atomic E-state index is 13.1. The van der Waals surface area contributed by atoms with Crippen LogP contribution in [0.4, 0.5) is 4.39 Å². The Balaban J connectivity index is 2.48. The molecule has 3 nitrogen and oxygen atoms in total. The molecule has 0 spiro atoms. The Labute approximate surface area is 80.8 Å². The van der Waals surface area contributed by atoms with E-state index in [9.17, 15) is 4.39 Å². The van der Waals surface area contributed by atoms with Crippen molar-refractivity contribution in [2.24, 2.45) is 5.73 Å². The zero-order valence-corrected chi connectivity index (χ0v) is 7.50. The minimum absolute atomic E-state index is 0.274. The Morgan fingerprint density at radius 2 is 2.14 bits per heavy atom. The number of nitrogens with two attached hydrogens (primary N) is 1. The summed E-state index contributed by atoms with van der Waals surface area (Å²) >= 11 is 0. The Bertz CT molecular complexity index is 423. The lowest BCUT2D eigenvalue weighted by Gasteiger charge is -2.01. The summed E-state index contributed by atoms with van der Waals surface area (Å²) in [4.78, 5) is 0. The fourth-order valence-electron chi connectivity index (χ4n) is 1.34.